The lowest BCUT2D eigenvalue weighted by molar-refractivity contribution is -0.137. The number of carbonyl (C=O) groups excluding carboxylic acids is 1. The molecule has 0 bridgehead atoms. The number of nitrogens with one attached hydrogen (secondary N) is 1. The zero-order valence-electron chi connectivity index (χ0n) is 11.5. The number of anilines is 1. The monoisotopic (exact) mass is 359 g/mol. The molecule has 0 fully saturated rings. The van der Waals surface area contributed by atoms with Crippen molar-refractivity contribution in [3.05, 3.63) is 69.7 Å². The van der Waals surface area contributed by atoms with Crippen molar-refractivity contribution in [2.24, 2.45) is 0 Å². The fourth-order valence-electron chi connectivity index (χ4n) is 1.78. The Morgan fingerprint density at radius 1 is 1.04 bits per heavy atom. The highest BCUT2D eigenvalue weighted by molar-refractivity contribution is 6.32. The van der Waals surface area contributed by atoms with Gasteiger partial charge in [0.05, 0.1) is 10.6 Å². The summed E-state index contributed by atoms with van der Waals surface area (Å²) < 4.78 is 38.3. The first-order chi connectivity index (χ1) is 10.8. The molecule has 0 aliphatic heterocycles. The minimum absolute atomic E-state index is 0.00414. The van der Waals surface area contributed by atoms with Crippen LogP contribution in [0.15, 0.2) is 48.5 Å². The fraction of sp³-hybridized carbons (Fsp3) is 0.0625. The summed E-state index contributed by atoms with van der Waals surface area (Å²) >= 11 is 11.4. The van der Waals surface area contributed by atoms with Gasteiger partial charge in [0.25, 0.3) is 0 Å². The van der Waals surface area contributed by atoms with Gasteiger partial charge in [0, 0.05) is 16.8 Å². The highest BCUT2D eigenvalue weighted by Gasteiger charge is 2.33. The topological polar surface area (TPSA) is 29.1 Å². The van der Waals surface area contributed by atoms with Crippen molar-refractivity contribution < 1.29 is 18.0 Å². The molecule has 1 amide bonds. The van der Waals surface area contributed by atoms with Gasteiger partial charge in [0.2, 0.25) is 5.91 Å². The van der Waals surface area contributed by atoms with Crippen LogP contribution in [0.5, 0.6) is 0 Å². The molecule has 2 rings (SSSR count). The summed E-state index contributed by atoms with van der Waals surface area (Å²) in [6.45, 7) is 0. The lowest BCUT2D eigenvalue weighted by atomic mass is 10.2. The molecule has 0 atom stereocenters. The Kier molecular flexibility index (Phi) is 5.34. The van der Waals surface area contributed by atoms with Crippen LogP contribution in [0.2, 0.25) is 10.0 Å². The van der Waals surface area contributed by atoms with Gasteiger partial charge in [-0.1, -0.05) is 41.4 Å². The van der Waals surface area contributed by atoms with Crippen LogP contribution in [0.3, 0.4) is 0 Å². The molecular weight excluding hydrogens is 350 g/mol. The third kappa shape index (κ3) is 4.74. The molecule has 0 saturated carbocycles. The highest BCUT2D eigenvalue weighted by Crippen LogP contribution is 2.36. The molecule has 2 aromatic rings. The van der Waals surface area contributed by atoms with E-state index in [0.717, 1.165) is 12.1 Å². The number of hydrogen-bond acceptors (Lipinski definition) is 1. The average Bonchev–Trinajstić information content (AvgIpc) is 2.47. The molecule has 120 valence electrons. The van der Waals surface area contributed by atoms with Crippen molar-refractivity contribution in [1.29, 1.82) is 0 Å². The van der Waals surface area contributed by atoms with E-state index in [2.05, 4.69) is 5.32 Å². The SMILES string of the molecule is O=C(/C=C/c1ccccc1Cl)Nc1ccc(Cl)c(C(F)(F)F)c1. The molecule has 0 heterocycles. The van der Waals surface area contributed by atoms with Crippen LogP contribution < -0.4 is 5.32 Å². The summed E-state index contributed by atoms with van der Waals surface area (Å²) in [5, 5.41) is 2.38. The highest BCUT2D eigenvalue weighted by atomic mass is 35.5. The van der Waals surface area contributed by atoms with Crippen molar-refractivity contribution in [2.75, 3.05) is 5.32 Å². The van der Waals surface area contributed by atoms with Gasteiger partial charge < -0.3 is 5.32 Å². The molecule has 2 nitrogen and oxygen atoms in total. The molecular formula is C16H10Cl2F3NO. The van der Waals surface area contributed by atoms with Gasteiger partial charge in [-0.3, -0.25) is 4.79 Å². The summed E-state index contributed by atoms with van der Waals surface area (Å²) in [4.78, 5) is 11.8. The maximum Gasteiger partial charge on any atom is 0.417 e. The number of rotatable bonds is 3. The smallest absolute Gasteiger partial charge is 0.322 e. The van der Waals surface area contributed by atoms with Crippen LogP contribution in [0, 0.1) is 0 Å². The van der Waals surface area contributed by atoms with Crippen molar-refractivity contribution in [3.63, 3.8) is 0 Å². The standard InChI is InChI=1S/C16H10Cl2F3NO/c17-13-4-2-1-3-10(13)5-8-15(23)22-11-6-7-14(18)12(9-11)16(19,20)21/h1-9H,(H,22,23)/b8-5+. The number of benzene rings is 2. The van der Waals surface area contributed by atoms with E-state index in [1.54, 1.807) is 24.3 Å². The number of alkyl halides is 3. The first-order valence-corrected chi connectivity index (χ1v) is 7.13. The molecule has 0 aliphatic carbocycles. The Hall–Kier alpha value is -1.98. The summed E-state index contributed by atoms with van der Waals surface area (Å²) in [5.41, 5.74) is -0.390. The fourth-order valence-corrected chi connectivity index (χ4v) is 2.20. The van der Waals surface area contributed by atoms with Gasteiger partial charge in [-0.05, 0) is 35.9 Å². The second kappa shape index (κ2) is 7.06. The minimum atomic E-state index is -4.59. The zero-order valence-corrected chi connectivity index (χ0v) is 13.0. The Morgan fingerprint density at radius 3 is 2.39 bits per heavy atom. The lowest BCUT2D eigenvalue weighted by Gasteiger charge is -2.11. The summed E-state index contributed by atoms with van der Waals surface area (Å²) in [6.07, 6.45) is -1.94. The third-order valence-electron chi connectivity index (χ3n) is 2.86. The van der Waals surface area contributed by atoms with E-state index in [9.17, 15) is 18.0 Å². The predicted octanol–water partition coefficient (Wildman–Crippen LogP) is 5.66. The number of hydrogen-bond donors (Lipinski definition) is 1. The van der Waals surface area contributed by atoms with Crippen molar-refractivity contribution in [1.82, 2.24) is 0 Å². The van der Waals surface area contributed by atoms with E-state index >= 15 is 0 Å². The number of carbonyl (C=O) groups is 1. The molecule has 0 unspecified atom stereocenters. The lowest BCUT2D eigenvalue weighted by Crippen LogP contribution is -2.11. The third-order valence-corrected chi connectivity index (χ3v) is 3.53. The van der Waals surface area contributed by atoms with E-state index in [4.69, 9.17) is 23.2 Å². The molecule has 0 aromatic heterocycles. The summed E-state index contributed by atoms with van der Waals surface area (Å²) in [7, 11) is 0. The van der Waals surface area contributed by atoms with Crippen LogP contribution in [0.4, 0.5) is 18.9 Å². The number of halogens is 5. The molecule has 0 radical (unpaired) electrons. The largest absolute Gasteiger partial charge is 0.417 e. The summed E-state index contributed by atoms with van der Waals surface area (Å²) in [6, 6.07) is 10.0. The van der Waals surface area contributed by atoms with Crippen LogP contribution in [0.1, 0.15) is 11.1 Å². The second-order valence-corrected chi connectivity index (χ2v) is 5.35. The maximum atomic E-state index is 12.8. The van der Waals surface area contributed by atoms with Gasteiger partial charge in [-0.25, -0.2) is 0 Å². The van der Waals surface area contributed by atoms with E-state index in [-0.39, 0.29) is 5.69 Å². The maximum absolute atomic E-state index is 12.8. The Morgan fingerprint density at radius 2 is 1.74 bits per heavy atom. The van der Waals surface area contributed by atoms with E-state index in [1.807, 2.05) is 0 Å². The molecule has 0 spiro atoms. The van der Waals surface area contributed by atoms with Crippen LogP contribution >= 0.6 is 23.2 Å². The Bertz CT molecular complexity index is 757. The van der Waals surface area contributed by atoms with Crippen molar-refractivity contribution in [2.45, 2.75) is 6.18 Å². The molecule has 7 heteroatoms. The van der Waals surface area contributed by atoms with E-state index < -0.39 is 22.7 Å². The van der Waals surface area contributed by atoms with E-state index in [1.165, 1.54) is 18.2 Å². The van der Waals surface area contributed by atoms with Gasteiger partial charge >= 0.3 is 6.18 Å². The van der Waals surface area contributed by atoms with E-state index in [0.29, 0.717) is 10.6 Å². The molecule has 23 heavy (non-hydrogen) atoms. The molecule has 1 N–H and O–H groups in total. The Labute approximate surface area is 140 Å². The van der Waals surface area contributed by atoms with Crippen LogP contribution in [0.25, 0.3) is 6.08 Å². The average molecular weight is 360 g/mol. The predicted molar refractivity (Wildman–Crippen MR) is 85.6 cm³/mol. The molecule has 2 aromatic carbocycles. The van der Waals surface area contributed by atoms with Gasteiger partial charge in [-0.15, -0.1) is 0 Å². The molecule has 0 saturated heterocycles. The second-order valence-electron chi connectivity index (χ2n) is 4.54. The summed E-state index contributed by atoms with van der Waals surface area (Å²) in [5.74, 6) is -0.583. The van der Waals surface area contributed by atoms with Crippen molar-refractivity contribution >= 4 is 40.9 Å². The first-order valence-electron chi connectivity index (χ1n) is 6.38. The quantitative estimate of drug-likeness (QED) is 0.703. The van der Waals surface area contributed by atoms with Crippen LogP contribution in [-0.2, 0) is 11.0 Å². The minimum Gasteiger partial charge on any atom is -0.322 e. The first kappa shape index (κ1) is 17.4. The Balaban J connectivity index is 2.14. The normalized spacial score (nSPS) is 11.7. The van der Waals surface area contributed by atoms with Crippen LogP contribution in [-0.4, -0.2) is 5.91 Å². The van der Waals surface area contributed by atoms with Gasteiger partial charge in [-0.2, -0.15) is 13.2 Å². The van der Waals surface area contributed by atoms with Gasteiger partial charge in [0.1, 0.15) is 0 Å². The van der Waals surface area contributed by atoms with Gasteiger partial charge in [0.15, 0.2) is 0 Å². The molecule has 0 aliphatic rings. The number of amides is 1. The van der Waals surface area contributed by atoms with Crippen molar-refractivity contribution in [3.8, 4) is 0 Å². The zero-order chi connectivity index (χ0) is 17.0.